The van der Waals surface area contributed by atoms with Crippen molar-refractivity contribution in [3.8, 4) is 0 Å². The Morgan fingerprint density at radius 2 is 1.79 bits per heavy atom. The summed E-state index contributed by atoms with van der Waals surface area (Å²) >= 11 is 6.44. The monoisotopic (exact) mass is 588 g/mol. The SMILES string of the molecule is C=C[C@H]1C[N+]2(Cc3cccc(Cl)c3)CC[C@H]1C[C@@H]2[C@@H](OCc1ccccc1)c1ccnc2ccccc12.[Br-]. The van der Waals surface area contributed by atoms with Crippen molar-refractivity contribution in [3.05, 3.63) is 125 Å². The highest BCUT2D eigenvalue weighted by Crippen LogP contribution is 2.49. The lowest BCUT2D eigenvalue weighted by molar-refractivity contribution is -0.985. The van der Waals surface area contributed by atoms with Crippen molar-refractivity contribution >= 4 is 22.5 Å². The van der Waals surface area contributed by atoms with Crippen LogP contribution in [-0.2, 0) is 17.9 Å². The van der Waals surface area contributed by atoms with Gasteiger partial charge >= 0.3 is 0 Å². The Morgan fingerprint density at radius 3 is 2.61 bits per heavy atom. The molecule has 5 heteroatoms. The number of halogens is 2. The molecule has 0 N–H and O–H groups in total. The van der Waals surface area contributed by atoms with Crippen molar-refractivity contribution in [2.75, 3.05) is 13.1 Å². The van der Waals surface area contributed by atoms with Crippen LogP contribution in [0.4, 0.5) is 0 Å². The van der Waals surface area contributed by atoms with Crippen LogP contribution in [-0.4, -0.2) is 28.6 Å². The summed E-state index contributed by atoms with van der Waals surface area (Å²) in [4.78, 5) is 4.67. The van der Waals surface area contributed by atoms with Crippen LogP contribution < -0.4 is 17.0 Å². The normalized spacial score (nSPS) is 25.0. The Hall–Kier alpha value is -2.50. The molecule has 4 aromatic rings. The lowest BCUT2D eigenvalue weighted by atomic mass is 9.71. The number of para-hydroxylation sites is 1. The van der Waals surface area contributed by atoms with E-state index in [-0.39, 0.29) is 23.1 Å². The Labute approximate surface area is 241 Å². The first-order valence-corrected chi connectivity index (χ1v) is 13.7. The molecule has 0 radical (unpaired) electrons. The minimum Gasteiger partial charge on any atom is -1.00 e. The van der Waals surface area contributed by atoms with Gasteiger partial charge in [0, 0.05) is 40.9 Å². The molecule has 7 rings (SSSR count). The predicted molar refractivity (Wildman–Crippen MR) is 151 cm³/mol. The van der Waals surface area contributed by atoms with E-state index in [1.807, 2.05) is 12.3 Å². The van der Waals surface area contributed by atoms with Crippen molar-refractivity contribution in [2.45, 2.75) is 38.1 Å². The van der Waals surface area contributed by atoms with Gasteiger partial charge in [-0.05, 0) is 41.3 Å². The van der Waals surface area contributed by atoms with E-state index in [4.69, 9.17) is 16.3 Å². The molecule has 5 atom stereocenters. The zero-order valence-electron chi connectivity index (χ0n) is 21.6. The van der Waals surface area contributed by atoms with E-state index in [0.29, 0.717) is 24.5 Å². The summed E-state index contributed by atoms with van der Waals surface area (Å²) in [5.74, 6) is 1.19. The standard InChI is InChI=1S/C33H34ClN2O.BrH/c1-2-26-22-36(21-25-11-8-12-28(34)19-25)18-16-27(26)20-32(36)33(37-23-24-9-4-3-5-10-24)30-15-17-35-31-14-7-6-13-29(30)31;/h2-15,17,19,26-27,32-33H,1,16,18,20-23H2;1H/q+1;/p-1/t26-,27-,32+,33-,36?;/m0./s1. The van der Waals surface area contributed by atoms with Gasteiger partial charge in [-0.1, -0.05) is 78.3 Å². The van der Waals surface area contributed by atoms with Crippen molar-refractivity contribution in [3.63, 3.8) is 0 Å². The molecular formula is C33H34BrClN2O. The number of rotatable bonds is 8. The van der Waals surface area contributed by atoms with Crippen LogP contribution in [0.2, 0.25) is 5.02 Å². The maximum Gasteiger partial charge on any atom is 0.135 e. The molecule has 0 spiro atoms. The second-order valence-electron chi connectivity index (χ2n) is 10.8. The number of ether oxygens (including phenoxy) is 1. The summed E-state index contributed by atoms with van der Waals surface area (Å²) in [7, 11) is 0. The van der Waals surface area contributed by atoms with Crippen LogP contribution in [0.5, 0.6) is 0 Å². The number of fused-ring (bicyclic) bond motifs is 4. The van der Waals surface area contributed by atoms with Crippen molar-refractivity contribution in [2.24, 2.45) is 11.8 Å². The van der Waals surface area contributed by atoms with E-state index in [2.05, 4.69) is 96.5 Å². The molecule has 2 bridgehead atoms. The van der Waals surface area contributed by atoms with Gasteiger partial charge in [0.25, 0.3) is 0 Å². The second kappa shape index (κ2) is 11.7. The first-order chi connectivity index (χ1) is 18.1. The first kappa shape index (κ1) is 27.1. The minimum absolute atomic E-state index is 0. The highest BCUT2D eigenvalue weighted by molar-refractivity contribution is 6.30. The van der Waals surface area contributed by atoms with E-state index < -0.39 is 0 Å². The van der Waals surface area contributed by atoms with Gasteiger partial charge in [0.1, 0.15) is 18.7 Å². The highest BCUT2D eigenvalue weighted by atomic mass is 79.9. The average Bonchev–Trinajstić information content (AvgIpc) is 2.94. The molecule has 3 aliphatic heterocycles. The van der Waals surface area contributed by atoms with E-state index >= 15 is 0 Å². The predicted octanol–water partition coefficient (Wildman–Crippen LogP) is 4.76. The summed E-state index contributed by atoms with van der Waals surface area (Å²) < 4.78 is 7.98. The van der Waals surface area contributed by atoms with Gasteiger partial charge in [0.15, 0.2) is 0 Å². The number of piperidine rings is 3. The van der Waals surface area contributed by atoms with E-state index in [0.717, 1.165) is 41.1 Å². The summed E-state index contributed by atoms with van der Waals surface area (Å²) in [6, 6.07) is 29.9. The smallest absolute Gasteiger partial charge is 0.135 e. The molecule has 3 saturated heterocycles. The largest absolute Gasteiger partial charge is 1.00 e. The Balaban J connectivity index is 0.00000294. The third kappa shape index (κ3) is 5.33. The van der Waals surface area contributed by atoms with Gasteiger partial charge in [-0.15, -0.1) is 6.58 Å². The highest BCUT2D eigenvalue weighted by Gasteiger charge is 2.54. The summed E-state index contributed by atoms with van der Waals surface area (Å²) in [5.41, 5.74) is 4.77. The number of hydrogen-bond acceptors (Lipinski definition) is 2. The van der Waals surface area contributed by atoms with Crippen molar-refractivity contribution in [1.82, 2.24) is 4.98 Å². The average molecular weight is 590 g/mol. The van der Waals surface area contributed by atoms with Crippen LogP contribution >= 0.6 is 11.6 Å². The molecule has 196 valence electrons. The van der Waals surface area contributed by atoms with E-state index in [1.165, 1.54) is 28.5 Å². The van der Waals surface area contributed by atoms with E-state index in [9.17, 15) is 0 Å². The van der Waals surface area contributed by atoms with Gasteiger partial charge < -0.3 is 26.2 Å². The lowest BCUT2D eigenvalue weighted by Gasteiger charge is -2.58. The quantitative estimate of drug-likeness (QED) is 0.218. The van der Waals surface area contributed by atoms with Crippen molar-refractivity contribution in [1.29, 1.82) is 0 Å². The van der Waals surface area contributed by atoms with Gasteiger partial charge in [0.05, 0.1) is 25.2 Å². The van der Waals surface area contributed by atoms with Crippen LogP contribution in [0.3, 0.4) is 0 Å². The summed E-state index contributed by atoms with van der Waals surface area (Å²) in [5, 5.41) is 1.99. The minimum atomic E-state index is -0.0409. The lowest BCUT2D eigenvalue weighted by Crippen LogP contribution is -3.00. The van der Waals surface area contributed by atoms with Gasteiger partial charge in [0.2, 0.25) is 0 Å². The molecule has 0 saturated carbocycles. The van der Waals surface area contributed by atoms with Gasteiger partial charge in [-0.3, -0.25) is 4.98 Å². The molecule has 1 unspecified atom stereocenters. The molecule has 3 aliphatic rings. The zero-order valence-corrected chi connectivity index (χ0v) is 23.9. The molecule has 0 aliphatic carbocycles. The Kier molecular flexibility index (Phi) is 8.35. The fourth-order valence-electron chi connectivity index (χ4n) is 6.90. The van der Waals surface area contributed by atoms with Crippen LogP contribution in [0, 0.1) is 11.8 Å². The molecule has 0 amide bonds. The number of aromatic nitrogens is 1. The number of nitrogens with zero attached hydrogens (tertiary/aromatic N) is 2. The number of hydrogen-bond donors (Lipinski definition) is 0. The third-order valence-electron chi connectivity index (χ3n) is 8.67. The molecule has 38 heavy (non-hydrogen) atoms. The van der Waals surface area contributed by atoms with Crippen LogP contribution in [0.1, 0.15) is 35.6 Å². The summed E-state index contributed by atoms with van der Waals surface area (Å²) in [6.45, 7) is 8.02. The first-order valence-electron chi connectivity index (χ1n) is 13.4. The van der Waals surface area contributed by atoms with Crippen LogP contribution in [0.15, 0.2) is 104 Å². The molecule has 3 fully saturated rings. The zero-order chi connectivity index (χ0) is 25.2. The maximum atomic E-state index is 6.97. The third-order valence-corrected chi connectivity index (χ3v) is 8.91. The summed E-state index contributed by atoms with van der Waals surface area (Å²) in [6.07, 6.45) is 6.47. The molecule has 3 nitrogen and oxygen atoms in total. The number of quaternary nitrogens is 1. The maximum absolute atomic E-state index is 6.97. The topological polar surface area (TPSA) is 22.1 Å². The van der Waals surface area contributed by atoms with Gasteiger partial charge in [-0.2, -0.15) is 0 Å². The molecule has 1 aromatic heterocycles. The Bertz CT molecular complexity index is 1390. The fraction of sp³-hybridized carbons (Fsp3) is 0.303. The molecule has 3 aromatic carbocycles. The molecule has 4 heterocycles. The number of benzene rings is 3. The van der Waals surface area contributed by atoms with Crippen LogP contribution in [0.25, 0.3) is 10.9 Å². The van der Waals surface area contributed by atoms with Crippen molar-refractivity contribution < 1.29 is 26.2 Å². The second-order valence-corrected chi connectivity index (χ2v) is 11.2. The fourth-order valence-corrected chi connectivity index (χ4v) is 7.11. The van der Waals surface area contributed by atoms with Gasteiger partial charge in [-0.25, -0.2) is 0 Å². The molecular weight excluding hydrogens is 556 g/mol. The Morgan fingerprint density at radius 1 is 1.00 bits per heavy atom. The van der Waals surface area contributed by atoms with E-state index in [1.54, 1.807) is 0 Å². The number of pyridine rings is 1.